The number of pyridine rings is 1. The van der Waals surface area contributed by atoms with Gasteiger partial charge in [0.05, 0.1) is 49.4 Å². The van der Waals surface area contributed by atoms with Crippen LogP contribution in [0.2, 0.25) is 0 Å². The average molecular weight is 820 g/mol. The molecule has 5 aromatic rings. The Morgan fingerprint density at radius 1 is 0.700 bits per heavy atom. The van der Waals surface area contributed by atoms with Crippen molar-refractivity contribution in [3.05, 3.63) is 66.4 Å². The Bertz CT molecular complexity index is 2330. The summed E-state index contributed by atoms with van der Waals surface area (Å²) in [6.45, 7) is 9.28. The minimum atomic E-state index is -0.681. The molecule has 0 bridgehead atoms. The number of benzene rings is 2. The van der Waals surface area contributed by atoms with Gasteiger partial charge >= 0.3 is 12.2 Å². The van der Waals surface area contributed by atoms with Crippen LogP contribution in [0, 0.1) is 11.8 Å². The van der Waals surface area contributed by atoms with E-state index in [-0.39, 0.29) is 35.7 Å². The third kappa shape index (κ3) is 8.52. The number of carbonyl (C=O) groups is 4. The van der Waals surface area contributed by atoms with Crippen molar-refractivity contribution < 1.29 is 28.7 Å². The largest absolute Gasteiger partial charge is 0.453 e. The molecule has 0 radical (unpaired) electrons. The number of aromatic amines is 2. The monoisotopic (exact) mass is 819 g/mol. The minimum Gasteiger partial charge on any atom is -0.453 e. The average Bonchev–Trinajstić information content (AvgIpc) is 4.12. The molecule has 4 N–H and O–H groups in total. The lowest BCUT2D eigenvalue weighted by atomic mass is 9.93. The number of carbonyl (C=O) groups excluding carboxylic acids is 4. The SMILES string of the molecule is CCC(CC)[C@H](NC(=O)OC)C(=O)N1CCC[C@H]1c1ncc(-c2ccc3cc(-c4ccc5[nH]c([C@@H]6CCCN6C(=O)[C@@H](NC(=O)OC)C(CC)CC)nc5n4)ccc3c2)[nH]1. The van der Waals surface area contributed by atoms with Crippen molar-refractivity contribution in [1.82, 2.24) is 45.4 Å². The molecule has 5 heterocycles. The molecule has 15 nitrogen and oxygen atoms in total. The first-order valence-corrected chi connectivity index (χ1v) is 21.4. The fourth-order valence-electron chi connectivity index (χ4n) is 9.10. The molecule has 0 aliphatic carbocycles. The molecule has 0 unspecified atom stereocenters. The summed E-state index contributed by atoms with van der Waals surface area (Å²) in [5.41, 5.74) is 4.92. The second-order valence-corrected chi connectivity index (χ2v) is 15.9. The van der Waals surface area contributed by atoms with Crippen LogP contribution in [0.1, 0.15) is 103 Å². The summed E-state index contributed by atoms with van der Waals surface area (Å²) in [6.07, 6.45) is 6.81. The number of methoxy groups -OCH3 is 2. The van der Waals surface area contributed by atoms with Crippen molar-refractivity contribution in [2.24, 2.45) is 11.8 Å². The number of amides is 4. The van der Waals surface area contributed by atoms with E-state index in [2.05, 4.69) is 57.0 Å². The number of nitrogens with one attached hydrogen (secondary N) is 4. The van der Waals surface area contributed by atoms with E-state index in [0.717, 1.165) is 96.0 Å². The van der Waals surface area contributed by atoms with Gasteiger partial charge in [0.1, 0.15) is 23.7 Å². The molecule has 3 aromatic heterocycles. The van der Waals surface area contributed by atoms with Gasteiger partial charge in [-0.2, -0.15) is 0 Å². The lowest BCUT2D eigenvalue weighted by Crippen LogP contribution is -2.52. The fourth-order valence-corrected chi connectivity index (χ4v) is 9.10. The maximum absolute atomic E-state index is 14.0. The molecule has 7 rings (SSSR count). The summed E-state index contributed by atoms with van der Waals surface area (Å²) < 4.78 is 9.71. The molecule has 4 amide bonds. The highest BCUT2D eigenvalue weighted by atomic mass is 16.5. The lowest BCUT2D eigenvalue weighted by Gasteiger charge is -2.31. The van der Waals surface area contributed by atoms with Gasteiger partial charge in [-0.15, -0.1) is 0 Å². The first-order valence-electron chi connectivity index (χ1n) is 21.4. The molecule has 2 fully saturated rings. The maximum Gasteiger partial charge on any atom is 0.407 e. The van der Waals surface area contributed by atoms with Gasteiger partial charge in [-0.05, 0) is 72.6 Å². The summed E-state index contributed by atoms with van der Waals surface area (Å²) in [6, 6.07) is 14.6. The highest BCUT2D eigenvalue weighted by Gasteiger charge is 2.40. The molecular weight excluding hydrogens is 763 g/mol. The second-order valence-electron chi connectivity index (χ2n) is 15.9. The molecule has 318 valence electrons. The van der Waals surface area contributed by atoms with E-state index in [1.54, 1.807) is 0 Å². The van der Waals surface area contributed by atoms with Crippen LogP contribution in [0.15, 0.2) is 54.7 Å². The molecule has 60 heavy (non-hydrogen) atoms. The zero-order valence-corrected chi connectivity index (χ0v) is 35.4. The predicted octanol–water partition coefficient (Wildman–Crippen LogP) is 7.82. The van der Waals surface area contributed by atoms with E-state index in [9.17, 15) is 19.2 Å². The van der Waals surface area contributed by atoms with Gasteiger partial charge < -0.3 is 39.9 Å². The highest BCUT2D eigenvalue weighted by Crippen LogP contribution is 2.36. The van der Waals surface area contributed by atoms with Crippen LogP contribution in [0.3, 0.4) is 0 Å². The van der Waals surface area contributed by atoms with Crippen molar-refractivity contribution in [1.29, 1.82) is 0 Å². The van der Waals surface area contributed by atoms with Crippen LogP contribution in [0.5, 0.6) is 0 Å². The Morgan fingerprint density at radius 3 is 1.78 bits per heavy atom. The molecule has 2 aliphatic heterocycles. The van der Waals surface area contributed by atoms with Crippen LogP contribution in [-0.2, 0) is 19.1 Å². The van der Waals surface area contributed by atoms with Crippen LogP contribution in [0.25, 0.3) is 44.5 Å². The summed E-state index contributed by atoms with van der Waals surface area (Å²) in [4.78, 5) is 77.5. The molecular formula is C45H57N9O6. The summed E-state index contributed by atoms with van der Waals surface area (Å²) in [5, 5.41) is 7.70. The Hall–Kier alpha value is -5.99. The number of likely N-dealkylation sites (tertiary alicyclic amines) is 2. The van der Waals surface area contributed by atoms with Gasteiger partial charge in [0.15, 0.2) is 5.65 Å². The van der Waals surface area contributed by atoms with Gasteiger partial charge in [-0.25, -0.2) is 24.5 Å². The standard InChI is InChI=1S/C45H57N9O6/c1-7-26(8-2)37(50-44(57)59-5)42(55)53-21-11-13-35(53)40-46-25-34(49-40)31-18-16-28-23-30(17-15-29(28)24-31)32-19-20-33-39(47-32)52-41(48-33)36-14-12-22-54(36)43(56)38(27(9-3)10-4)51-45(58)60-6/h15-20,23-27,35-38H,7-14,21-22H2,1-6H3,(H,46,49)(H,50,57)(H,51,58)(H,47,48,52)/t35-,36-,37-,38-/m0/s1. The van der Waals surface area contributed by atoms with Gasteiger partial charge in [-0.1, -0.05) is 77.6 Å². The normalized spacial score (nSPS) is 17.7. The number of H-pyrrole nitrogens is 2. The molecule has 2 aliphatic rings. The van der Waals surface area contributed by atoms with Crippen molar-refractivity contribution in [2.45, 2.75) is 103 Å². The summed E-state index contributed by atoms with van der Waals surface area (Å²) in [7, 11) is 2.62. The molecule has 4 atom stereocenters. The molecule has 0 saturated carbocycles. The summed E-state index contributed by atoms with van der Waals surface area (Å²) in [5.74, 6) is 1.15. The third-order valence-corrected chi connectivity index (χ3v) is 12.6. The fraction of sp³-hybridized carbons (Fsp3) is 0.489. The van der Waals surface area contributed by atoms with E-state index in [0.29, 0.717) is 24.6 Å². The Balaban J connectivity index is 1.07. The zero-order valence-electron chi connectivity index (χ0n) is 35.4. The van der Waals surface area contributed by atoms with Crippen molar-refractivity contribution in [3.63, 3.8) is 0 Å². The Labute approximate surface area is 350 Å². The zero-order chi connectivity index (χ0) is 42.5. The van der Waals surface area contributed by atoms with Crippen LogP contribution in [0.4, 0.5) is 9.59 Å². The minimum absolute atomic E-state index is 0.0101. The van der Waals surface area contributed by atoms with Crippen LogP contribution in [-0.4, -0.2) is 98.1 Å². The quantitative estimate of drug-likeness (QED) is 0.0867. The van der Waals surface area contributed by atoms with Gasteiger partial charge in [0.25, 0.3) is 0 Å². The third-order valence-electron chi connectivity index (χ3n) is 12.6. The van der Waals surface area contributed by atoms with Gasteiger partial charge in [-0.3, -0.25) is 9.59 Å². The molecule has 0 spiro atoms. The number of rotatable bonds is 14. The van der Waals surface area contributed by atoms with Crippen LogP contribution < -0.4 is 10.6 Å². The molecule has 2 saturated heterocycles. The number of alkyl carbamates (subject to hydrolysis) is 2. The first kappa shape index (κ1) is 42.1. The Morgan fingerprint density at radius 2 is 1.23 bits per heavy atom. The van der Waals surface area contributed by atoms with E-state index >= 15 is 0 Å². The number of hydrogen-bond acceptors (Lipinski definition) is 9. The number of hydrogen-bond donors (Lipinski definition) is 4. The van der Waals surface area contributed by atoms with Gasteiger partial charge in [0.2, 0.25) is 11.8 Å². The van der Waals surface area contributed by atoms with E-state index in [4.69, 9.17) is 24.4 Å². The number of imidazole rings is 2. The first-order chi connectivity index (χ1) is 29.1. The number of nitrogens with zero attached hydrogens (tertiary/aromatic N) is 5. The van der Waals surface area contributed by atoms with Gasteiger partial charge in [0, 0.05) is 24.2 Å². The predicted molar refractivity (Wildman–Crippen MR) is 229 cm³/mol. The van der Waals surface area contributed by atoms with E-state index in [1.807, 2.05) is 55.8 Å². The maximum atomic E-state index is 14.0. The van der Waals surface area contributed by atoms with E-state index in [1.165, 1.54) is 14.2 Å². The summed E-state index contributed by atoms with van der Waals surface area (Å²) >= 11 is 0. The smallest absolute Gasteiger partial charge is 0.407 e. The topological polar surface area (TPSA) is 188 Å². The molecule has 2 aromatic carbocycles. The van der Waals surface area contributed by atoms with Crippen molar-refractivity contribution in [3.8, 4) is 22.5 Å². The second kappa shape index (κ2) is 18.5. The van der Waals surface area contributed by atoms with E-state index < -0.39 is 24.3 Å². The lowest BCUT2D eigenvalue weighted by molar-refractivity contribution is -0.136. The number of fused-ring (bicyclic) bond motifs is 2. The number of aromatic nitrogens is 5. The van der Waals surface area contributed by atoms with Crippen molar-refractivity contribution in [2.75, 3.05) is 27.3 Å². The highest BCUT2D eigenvalue weighted by molar-refractivity contribution is 5.91. The Kier molecular flexibility index (Phi) is 13.0. The molecule has 15 heteroatoms. The van der Waals surface area contributed by atoms with Crippen molar-refractivity contribution >= 4 is 45.9 Å². The van der Waals surface area contributed by atoms with Crippen LogP contribution >= 0.6 is 0 Å². The number of ether oxygens (including phenoxy) is 2.